The molecule has 1 saturated heterocycles. The Hall–Kier alpha value is -2.19. The number of rotatable bonds is 4. The number of para-hydroxylation sites is 1. The second kappa shape index (κ2) is 6.61. The number of carbonyl (C=O) groups is 3. The van der Waals surface area contributed by atoms with Crippen molar-refractivity contribution in [2.45, 2.75) is 25.8 Å². The van der Waals surface area contributed by atoms with E-state index in [4.69, 9.17) is 12.2 Å². The molecule has 1 N–H and O–H groups in total. The van der Waals surface area contributed by atoms with Gasteiger partial charge >= 0.3 is 5.97 Å². The summed E-state index contributed by atoms with van der Waals surface area (Å²) in [6.07, 6.45) is 0.902. The number of hydrogen-bond acceptors (Lipinski definition) is 5. The fourth-order valence-corrected chi connectivity index (χ4v) is 4.45. The van der Waals surface area contributed by atoms with Gasteiger partial charge in [0, 0.05) is 12.6 Å². The van der Waals surface area contributed by atoms with Crippen LogP contribution in [0.5, 0.6) is 0 Å². The van der Waals surface area contributed by atoms with Crippen LogP contribution in [0.25, 0.3) is 5.57 Å². The van der Waals surface area contributed by atoms with Gasteiger partial charge in [0.2, 0.25) is 0 Å². The minimum atomic E-state index is -1.10. The predicted molar refractivity (Wildman–Crippen MR) is 100 cm³/mol. The SMILES string of the molecule is CCC[C@@H](C(=O)O)N1C(=O)/C(=C2/C(=O)N(C)c3ccccc32)SC1=S. The van der Waals surface area contributed by atoms with Gasteiger partial charge in [-0.2, -0.15) is 0 Å². The van der Waals surface area contributed by atoms with Gasteiger partial charge in [0.05, 0.1) is 16.2 Å². The van der Waals surface area contributed by atoms with Crippen LogP contribution in [0.4, 0.5) is 5.69 Å². The number of carbonyl (C=O) groups excluding carboxylic acids is 2. The molecule has 0 radical (unpaired) electrons. The van der Waals surface area contributed by atoms with Crippen LogP contribution in [0.2, 0.25) is 0 Å². The lowest BCUT2D eigenvalue weighted by Crippen LogP contribution is -2.43. The van der Waals surface area contributed by atoms with Crippen molar-refractivity contribution < 1.29 is 19.5 Å². The number of likely N-dealkylation sites (N-methyl/N-ethyl adjacent to an activating group) is 1. The van der Waals surface area contributed by atoms with Crippen LogP contribution in [0.1, 0.15) is 25.3 Å². The highest BCUT2D eigenvalue weighted by Gasteiger charge is 2.44. The number of thiocarbonyl (C=S) groups is 1. The van der Waals surface area contributed by atoms with E-state index in [1.807, 2.05) is 13.0 Å². The summed E-state index contributed by atoms with van der Waals surface area (Å²) in [7, 11) is 1.64. The number of nitrogens with zero attached hydrogens (tertiary/aromatic N) is 2. The van der Waals surface area contributed by atoms with E-state index in [1.165, 1.54) is 4.90 Å². The minimum Gasteiger partial charge on any atom is -0.480 e. The minimum absolute atomic E-state index is 0.174. The first-order chi connectivity index (χ1) is 11.9. The van der Waals surface area contributed by atoms with Crippen LogP contribution in [0.15, 0.2) is 29.2 Å². The number of carboxylic acid groups (broad SMARTS) is 1. The Morgan fingerprint density at radius 2 is 1.96 bits per heavy atom. The second-order valence-corrected chi connectivity index (χ2v) is 7.42. The third-order valence-corrected chi connectivity index (χ3v) is 5.64. The van der Waals surface area contributed by atoms with Crippen LogP contribution in [0.3, 0.4) is 0 Å². The van der Waals surface area contributed by atoms with Crippen molar-refractivity contribution in [1.82, 2.24) is 4.90 Å². The summed E-state index contributed by atoms with van der Waals surface area (Å²) in [4.78, 5) is 39.9. The Balaban J connectivity index is 2.09. The molecule has 0 aliphatic carbocycles. The molecular formula is C17H16N2O4S2. The van der Waals surface area contributed by atoms with Gasteiger partial charge in [-0.05, 0) is 12.5 Å². The lowest BCUT2D eigenvalue weighted by molar-refractivity contribution is -0.145. The Labute approximate surface area is 154 Å². The number of hydrogen-bond donors (Lipinski definition) is 1. The molecule has 0 bridgehead atoms. The molecule has 0 unspecified atom stereocenters. The number of amides is 2. The second-order valence-electron chi connectivity index (χ2n) is 5.77. The van der Waals surface area contributed by atoms with Crippen molar-refractivity contribution >= 4 is 57.3 Å². The van der Waals surface area contributed by atoms with Crippen molar-refractivity contribution in [3.63, 3.8) is 0 Å². The first-order valence-corrected chi connectivity index (χ1v) is 9.00. The number of fused-ring (bicyclic) bond motifs is 1. The summed E-state index contributed by atoms with van der Waals surface area (Å²) in [5.41, 5.74) is 1.67. The monoisotopic (exact) mass is 376 g/mol. The molecule has 6 nitrogen and oxygen atoms in total. The van der Waals surface area contributed by atoms with Crippen LogP contribution < -0.4 is 4.90 Å². The third kappa shape index (κ3) is 2.75. The van der Waals surface area contributed by atoms with Gasteiger partial charge in [-0.15, -0.1) is 0 Å². The van der Waals surface area contributed by atoms with Crippen molar-refractivity contribution in [3.05, 3.63) is 34.7 Å². The van der Waals surface area contributed by atoms with Crippen LogP contribution in [-0.2, 0) is 14.4 Å². The van der Waals surface area contributed by atoms with E-state index >= 15 is 0 Å². The van der Waals surface area contributed by atoms with E-state index in [1.54, 1.807) is 25.2 Å². The van der Waals surface area contributed by atoms with E-state index in [0.29, 0.717) is 24.0 Å². The molecule has 2 aliphatic rings. The van der Waals surface area contributed by atoms with E-state index in [2.05, 4.69) is 0 Å². The highest BCUT2D eigenvalue weighted by Crippen LogP contribution is 2.44. The number of thioether (sulfide) groups is 1. The average molecular weight is 376 g/mol. The highest BCUT2D eigenvalue weighted by atomic mass is 32.2. The molecule has 0 aromatic heterocycles. The first kappa shape index (κ1) is 17.6. The van der Waals surface area contributed by atoms with E-state index < -0.39 is 17.9 Å². The molecule has 130 valence electrons. The van der Waals surface area contributed by atoms with Crippen LogP contribution in [-0.4, -0.2) is 45.2 Å². The predicted octanol–water partition coefficient (Wildman–Crippen LogP) is 2.49. The number of anilines is 1. The van der Waals surface area contributed by atoms with Gasteiger partial charge < -0.3 is 10.0 Å². The highest BCUT2D eigenvalue weighted by molar-refractivity contribution is 8.26. The molecule has 3 rings (SSSR count). The zero-order valence-electron chi connectivity index (χ0n) is 13.7. The fourth-order valence-electron chi connectivity index (χ4n) is 3.02. The Kier molecular flexibility index (Phi) is 4.66. The summed E-state index contributed by atoms with van der Waals surface area (Å²) in [6, 6.07) is 6.18. The quantitative estimate of drug-likeness (QED) is 0.643. The first-order valence-electron chi connectivity index (χ1n) is 7.78. The average Bonchev–Trinajstić information content (AvgIpc) is 3.00. The smallest absolute Gasteiger partial charge is 0.326 e. The molecule has 2 heterocycles. The summed E-state index contributed by atoms with van der Waals surface area (Å²) in [6.45, 7) is 1.84. The molecular weight excluding hydrogens is 360 g/mol. The largest absolute Gasteiger partial charge is 0.480 e. The maximum Gasteiger partial charge on any atom is 0.326 e. The van der Waals surface area contributed by atoms with Gasteiger partial charge in [-0.1, -0.05) is 55.5 Å². The third-order valence-electron chi connectivity index (χ3n) is 4.24. The molecule has 8 heteroatoms. The Morgan fingerprint density at radius 1 is 1.28 bits per heavy atom. The molecule has 1 fully saturated rings. The lowest BCUT2D eigenvalue weighted by atomic mass is 10.1. The van der Waals surface area contributed by atoms with Gasteiger partial charge in [0.25, 0.3) is 11.8 Å². The molecule has 2 amide bonds. The Bertz CT molecular complexity index is 834. The summed E-state index contributed by atoms with van der Waals surface area (Å²) >= 11 is 6.25. The molecule has 1 atom stereocenters. The molecule has 25 heavy (non-hydrogen) atoms. The molecule has 0 spiro atoms. The number of benzene rings is 1. The van der Waals surface area contributed by atoms with Gasteiger partial charge in [-0.3, -0.25) is 14.5 Å². The summed E-state index contributed by atoms with van der Waals surface area (Å²) < 4.78 is 0.174. The van der Waals surface area contributed by atoms with Gasteiger partial charge in [0.15, 0.2) is 0 Å². The van der Waals surface area contributed by atoms with E-state index in [9.17, 15) is 19.5 Å². The maximum absolute atomic E-state index is 12.9. The Morgan fingerprint density at radius 3 is 2.60 bits per heavy atom. The van der Waals surface area contributed by atoms with Crippen molar-refractivity contribution in [2.24, 2.45) is 0 Å². The van der Waals surface area contributed by atoms with Crippen LogP contribution in [0, 0.1) is 0 Å². The summed E-state index contributed by atoms with van der Waals surface area (Å²) in [5.74, 6) is -1.90. The number of carboxylic acids is 1. The van der Waals surface area contributed by atoms with Crippen molar-refractivity contribution in [1.29, 1.82) is 0 Å². The van der Waals surface area contributed by atoms with Crippen LogP contribution >= 0.6 is 24.0 Å². The van der Waals surface area contributed by atoms with Gasteiger partial charge in [0.1, 0.15) is 10.4 Å². The molecule has 1 aromatic carbocycles. The lowest BCUT2D eigenvalue weighted by Gasteiger charge is -2.22. The number of aliphatic carboxylic acids is 1. The van der Waals surface area contributed by atoms with Gasteiger partial charge in [-0.25, -0.2) is 4.79 Å². The molecule has 1 aromatic rings. The molecule has 0 saturated carbocycles. The van der Waals surface area contributed by atoms with Crippen molar-refractivity contribution in [2.75, 3.05) is 11.9 Å². The summed E-state index contributed by atoms with van der Waals surface area (Å²) in [5, 5.41) is 9.45. The zero-order valence-corrected chi connectivity index (χ0v) is 15.3. The van der Waals surface area contributed by atoms with E-state index in [-0.39, 0.29) is 15.1 Å². The zero-order chi connectivity index (χ0) is 18.3. The topological polar surface area (TPSA) is 77.9 Å². The fraction of sp³-hybridized carbons (Fsp3) is 0.294. The van der Waals surface area contributed by atoms with Crippen molar-refractivity contribution in [3.8, 4) is 0 Å². The molecule has 2 aliphatic heterocycles. The van der Waals surface area contributed by atoms with E-state index in [0.717, 1.165) is 22.3 Å². The standard InChI is InChI=1S/C17H16N2O4S2/c1-3-6-11(16(22)23)19-15(21)13(25-17(19)24)12-9-7-4-5-8-10(9)18(2)14(12)20/h4-5,7-8,11H,3,6H2,1-2H3,(H,22,23)/b13-12-/t11-/m0/s1. The maximum atomic E-state index is 12.9. The normalized spacial score (nSPS) is 21.1.